The molecule has 1 unspecified atom stereocenters. The van der Waals surface area contributed by atoms with Crippen LogP contribution in [0.25, 0.3) is 11.1 Å². The number of rotatable bonds is 1. The normalized spacial score (nSPS) is 13.5. The molecule has 0 aliphatic carbocycles. The summed E-state index contributed by atoms with van der Waals surface area (Å²) in [4.78, 5) is 4.18. The van der Waals surface area contributed by atoms with Crippen molar-refractivity contribution in [1.29, 1.82) is 0 Å². The maximum absolute atomic E-state index is 9.33. The number of aliphatic hydroxyl groups excluding tert-OH is 1. The molecule has 0 radical (unpaired) electrons. The Balaban J connectivity index is 2.61. The lowest BCUT2D eigenvalue weighted by Gasteiger charge is -2.01. The molecule has 2 rings (SSSR count). The van der Waals surface area contributed by atoms with Crippen LogP contribution in [0.2, 0.25) is 0 Å². The van der Waals surface area contributed by atoms with Crippen LogP contribution in [-0.4, -0.2) is 10.1 Å². The third kappa shape index (κ3) is 1.42. The van der Waals surface area contributed by atoms with Crippen molar-refractivity contribution in [1.82, 2.24) is 4.98 Å². The summed E-state index contributed by atoms with van der Waals surface area (Å²) in [7, 11) is 0. The van der Waals surface area contributed by atoms with Gasteiger partial charge >= 0.3 is 0 Å². The van der Waals surface area contributed by atoms with Crippen molar-refractivity contribution in [2.24, 2.45) is 0 Å². The fraction of sp³-hybridized carbons (Fsp3) is 0.300. The molecule has 2 aromatic rings. The van der Waals surface area contributed by atoms with Crippen LogP contribution in [0.5, 0.6) is 0 Å². The zero-order chi connectivity index (χ0) is 9.42. The second kappa shape index (κ2) is 2.85. The van der Waals surface area contributed by atoms with Gasteiger partial charge in [0.2, 0.25) is 0 Å². The molecule has 0 bridgehead atoms. The second-order valence-electron chi connectivity index (χ2n) is 3.14. The first-order chi connectivity index (χ1) is 6.16. The number of hydrogen-bond acceptors (Lipinski definition) is 3. The molecule has 0 aliphatic rings. The van der Waals surface area contributed by atoms with Crippen LogP contribution in [0, 0.1) is 6.92 Å². The van der Waals surface area contributed by atoms with Gasteiger partial charge in [0.1, 0.15) is 5.52 Å². The molecule has 0 fully saturated rings. The largest absolute Gasteiger partial charge is 0.441 e. The van der Waals surface area contributed by atoms with Crippen molar-refractivity contribution in [3.63, 3.8) is 0 Å². The zero-order valence-electron chi connectivity index (χ0n) is 7.61. The topological polar surface area (TPSA) is 46.3 Å². The number of nitrogens with zero attached hydrogens (tertiary/aromatic N) is 1. The fourth-order valence-electron chi connectivity index (χ4n) is 1.32. The number of aryl methyl sites for hydroxylation is 1. The van der Waals surface area contributed by atoms with E-state index in [1.165, 1.54) is 0 Å². The summed E-state index contributed by atoms with van der Waals surface area (Å²) in [6.07, 6.45) is -0.457. The van der Waals surface area contributed by atoms with Crippen molar-refractivity contribution in [2.75, 3.05) is 0 Å². The molecule has 68 valence electrons. The summed E-state index contributed by atoms with van der Waals surface area (Å²) < 4.78 is 5.31. The standard InChI is InChI=1S/C10H11NO2/c1-6(12)8-3-4-10-9(5-8)11-7(2)13-10/h3-6,12H,1-2H3. The molecule has 3 nitrogen and oxygen atoms in total. The van der Waals surface area contributed by atoms with Crippen LogP contribution in [0.1, 0.15) is 24.5 Å². The summed E-state index contributed by atoms with van der Waals surface area (Å²) in [5, 5.41) is 9.33. The lowest BCUT2D eigenvalue weighted by atomic mass is 10.1. The van der Waals surface area contributed by atoms with E-state index in [-0.39, 0.29) is 0 Å². The number of aliphatic hydroxyl groups is 1. The predicted molar refractivity (Wildman–Crippen MR) is 49.4 cm³/mol. The molecule has 1 aromatic carbocycles. The molecule has 0 amide bonds. The van der Waals surface area contributed by atoms with Gasteiger partial charge in [-0.05, 0) is 24.6 Å². The molecule has 0 saturated carbocycles. The zero-order valence-corrected chi connectivity index (χ0v) is 7.61. The molecule has 0 aliphatic heterocycles. The third-order valence-electron chi connectivity index (χ3n) is 2.00. The van der Waals surface area contributed by atoms with E-state index in [9.17, 15) is 5.11 Å². The third-order valence-corrected chi connectivity index (χ3v) is 2.00. The second-order valence-corrected chi connectivity index (χ2v) is 3.14. The van der Waals surface area contributed by atoms with E-state index in [0.29, 0.717) is 5.89 Å². The molecular weight excluding hydrogens is 166 g/mol. The highest BCUT2D eigenvalue weighted by molar-refractivity contribution is 5.73. The SMILES string of the molecule is Cc1nc2cc(C(C)O)ccc2o1. The summed E-state index contributed by atoms with van der Waals surface area (Å²) in [5.41, 5.74) is 2.43. The average Bonchev–Trinajstić information content (AvgIpc) is 2.42. The van der Waals surface area contributed by atoms with Crippen molar-refractivity contribution in [3.8, 4) is 0 Å². The Hall–Kier alpha value is -1.35. The van der Waals surface area contributed by atoms with Gasteiger partial charge in [0.25, 0.3) is 0 Å². The van der Waals surface area contributed by atoms with Crippen LogP contribution in [0.15, 0.2) is 22.6 Å². The first kappa shape index (κ1) is 8.26. The van der Waals surface area contributed by atoms with Gasteiger partial charge in [-0.2, -0.15) is 0 Å². The molecule has 0 saturated heterocycles. The Bertz CT molecular complexity index is 431. The number of aromatic nitrogens is 1. The van der Waals surface area contributed by atoms with Gasteiger partial charge in [-0.1, -0.05) is 6.07 Å². The first-order valence-corrected chi connectivity index (χ1v) is 4.22. The van der Waals surface area contributed by atoms with Crippen LogP contribution >= 0.6 is 0 Å². The fourth-order valence-corrected chi connectivity index (χ4v) is 1.32. The highest BCUT2D eigenvalue weighted by Crippen LogP contribution is 2.20. The highest BCUT2D eigenvalue weighted by atomic mass is 16.3. The first-order valence-electron chi connectivity index (χ1n) is 4.22. The van der Waals surface area contributed by atoms with E-state index in [4.69, 9.17) is 4.42 Å². The number of oxazole rings is 1. The van der Waals surface area contributed by atoms with Crippen LogP contribution in [-0.2, 0) is 0 Å². The summed E-state index contributed by atoms with van der Waals surface area (Å²) in [6.45, 7) is 3.54. The van der Waals surface area contributed by atoms with Gasteiger partial charge in [-0.3, -0.25) is 0 Å². The van der Waals surface area contributed by atoms with E-state index < -0.39 is 6.10 Å². The smallest absolute Gasteiger partial charge is 0.192 e. The molecule has 13 heavy (non-hydrogen) atoms. The summed E-state index contributed by atoms with van der Waals surface area (Å²) in [6, 6.07) is 5.52. The van der Waals surface area contributed by atoms with Crippen LogP contribution in [0.3, 0.4) is 0 Å². The van der Waals surface area contributed by atoms with E-state index in [2.05, 4.69) is 4.98 Å². The van der Waals surface area contributed by atoms with Gasteiger partial charge in [0.05, 0.1) is 6.10 Å². The van der Waals surface area contributed by atoms with Crippen molar-refractivity contribution in [3.05, 3.63) is 29.7 Å². The number of hydrogen-bond donors (Lipinski definition) is 1. The Morgan fingerprint density at radius 3 is 2.92 bits per heavy atom. The average molecular weight is 177 g/mol. The maximum Gasteiger partial charge on any atom is 0.192 e. The van der Waals surface area contributed by atoms with Gasteiger partial charge < -0.3 is 9.52 Å². The molecule has 1 N–H and O–H groups in total. The van der Waals surface area contributed by atoms with Crippen molar-refractivity contribution < 1.29 is 9.52 Å². The quantitative estimate of drug-likeness (QED) is 0.726. The van der Waals surface area contributed by atoms with E-state index >= 15 is 0 Å². The minimum atomic E-state index is -0.457. The lowest BCUT2D eigenvalue weighted by molar-refractivity contribution is 0.199. The number of fused-ring (bicyclic) bond motifs is 1. The van der Waals surface area contributed by atoms with Gasteiger partial charge in [0.15, 0.2) is 11.5 Å². The summed E-state index contributed by atoms with van der Waals surface area (Å²) >= 11 is 0. The molecule has 3 heteroatoms. The van der Waals surface area contributed by atoms with Crippen LogP contribution < -0.4 is 0 Å². The molecular formula is C10H11NO2. The van der Waals surface area contributed by atoms with Gasteiger partial charge in [0, 0.05) is 6.92 Å². The van der Waals surface area contributed by atoms with Gasteiger partial charge in [-0.15, -0.1) is 0 Å². The Labute approximate surface area is 76.0 Å². The minimum Gasteiger partial charge on any atom is -0.441 e. The Morgan fingerprint density at radius 1 is 1.46 bits per heavy atom. The van der Waals surface area contributed by atoms with Crippen molar-refractivity contribution in [2.45, 2.75) is 20.0 Å². The van der Waals surface area contributed by atoms with E-state index in [1.54, 1.807) is 6.92 Å². The van der Waals surface area contributed by atoms with E-state index in [0.717, 1.165) is 16.7 Å². The maximum atomic E-state index is 9.33. The van der Waals surface area contributed by atoms with Crippen molar-refractivity contribution >= 4 is 11.1 Å². The Morgan fingerprint density at radius 2 is 2.23 bits per heavy atom. The minimum absolute atomic E-state index is 0.457. The number of benzene rings is 1. The van der Waals surface area contributed by atoms with E-state index in [1.807, 2.05) is 25.1 Å². The monoisotopic (exact) mass is 177 g/mol. The Kier molecular flexibility index (Phi) is 1.81. The molecule has 0 spiro atoms. The molecule has 1 aromatic heterocycles. The molecule has 1 atom stereocenters. The lowest BCUT2D eigenvalue weighted by Crippen LogP contribution is -1.89. The van der Waals surface area contributed by atoms with Gasteiger partial charge in [-0.25, -0.2) is 4.98 Å². The predicted octanol–water partition coefficient (Wildman–Crippen LogP) is 2.19. The van der Waals surface area contributed by atoms with Crippen LogP contribution in [0.4, 0.5) is 0 Å². The summed E-state index contributed by atoms with van der Waals surface area (Å²) in [5.74, 6) is 0.651. The highest BCUT2D eigenvalue weighted by Gasteiger charge is 2.05. The molecule has 1 heterocycles.